The third kappa shape index (κ3) is 25.2. The molecule has 0 atom stereocenters. The first-order valence-corrected chi connectivity index (χ1v) is 6.09. The van der Waals surface area contributed by atoms with Crippen LogP contribution in [0.25, 0.3) is 0 Å². The lowest BCUT2D eigenvalue weighted by atomic mass is 10.1. The van der Waals surface area contributed by atoms with Crippen molar-refractivity contribution in [1.82, 2.24) is 0 Å². The van der Waals surface area contributed by atoms with E-state index in [0.717, 1.165) is 0 Å². The summed E-state index contributed by atoms with van der Waals surface area (Å²) in [6, 6.07) is 0. The Balaban J connectivity index is 0. The highest BCUT2D eigenvalue weighted by Crippen LogP contribution is 2.02. The SMILES string of the molecule is C=CCCCC.O=C(O)CCCCCC(=O)O. The van der Waals surface area contributed by atoms with Crippen molar-refractivity contribution in [3.8, 4) is 0 Å². The highest BCUT2D eigenvalue weighted by atomic mass is 16.4. The molecule has 4 heteroatoms. The topological polar surface area (TPSA) is 74.6 Å². The van der Waals surface area contributed by atoms with Gasteiger partial charge in [-0.1, -0.05) is 32.3 Å². The van der Waals surface area contributed by atoms with Crippen molar-refractivity contribution < 1.29 is 19.8 Å². The molecule has 0 aliphatic heterocycles. The van der Waals surface area contributed by atoms with Gasteiger partial charge in [0, 0.05) is 12.8 Å². The monoisotopic (exact) mass is 244 g/mol. The van der Waals surface area contributed by atoms with Crippen molar-refractivity contribution in [2.24, 2.45) is 0 Å². The molecule has 0 aliphatic rings. The normalized spacial score (nSPS) is 9.00. The van der Waals surface area contributed by atoms with Crippen molar-refractivity contribution >= 4 is 11.9 Å². The molecule has 0 unspecified atom stereocenters. The van der Waals surface area contributed by atoms with Gasteiger partial charge in [0.25, 0.3) is 0 Å². The number of rotatable bonds is 9. The van der Waals surface area contributed by atoms with Crippen LogP contribution < -0.4 is 0 Å². The van der Waals surface area contributed by atoms with E-state index in [1.54, 1.807) is 0 Å². The Morgan fingerprint density at radius 1 is 1.00 bits per heavy atom. The third-order valence-electron chi connectivity index (χ3n) is 2.04. The van der Waals surface area contributed by atoms with Crippen LogP contribution in [0, 0.1) is 0 Å². The first-order chi connectivity index (χ1) is 8.04. The summed E-state index contributed by atoms with van der Waals surface area (Å²) >= 11 is 0. The van der Waals surface area contributed by atoms with Crippen LogP contribution >= 0.6 is 0 Å². The molecule has 0 saturated carbocycles. The van der Waals surface area contributed by atoms with E-state index in [4.69, 9.17) is 10.2 Å². The Bertz CT molecular complexity index is 195. The van der Waals surface area contributed by atoms with Crippen LogP contribution in [0.4, 0.5) is 0 Å². The fraction of sp³-hybridized carbons (Fsp3) is 0.692. The second-order valence-electron chi connectivity index (χ2n) is 3.78. The predicted octanol–water partition coefficient (Wildman–Crippen LogP) is 3.47. The molecule has 4 nitrogen and oxygen atoms in total. The maximum atomic E-state index is 9.98. The quantitative estimate of drug-likeness (QED) is 0.481. The second kappa shape index (κ2) is 14.7. The van der Waals surface area contributed by atoms with Crippen LogP contribution in [0.15, 0.2) is 12.7 Å². The Labute approximate surface area is 103 Å². The van der Waals surface area contributed by atoms with Crippen molar-refractivity contribution in [2.75, 3.05) is 0 Å². The molecule has 2 N–H and O–H groups in total. The van der Waals surface area contributed by atoms with Crippen LogP contribution in [0.5, 0.6) is 0 Å². The van der Waals surface area contributed by atoms with Crippen molar-refractivity contribution in [1.29, 1.82) is 0 Å². The molecule has 0 saturated heterocycles. The zero-order valence-corrected chi connectivity index (χ0v) is 10.7. The molecule has 0 spiro atoms. The van der Waals surface area contributed by atoms with E-state index in [1.165, 1.54) is 19.3 Å². The molecule has 0 aromatic carbocycles. The number of carboxylic acid groups (broad SMARTS) is 2. The van der Waals surface area contributed by atoms with E-state index >= 15 is 0 Å². The standard InChI is InChI=1S/C7H12O4.C6H12/c8-6(9)4-2-1-3-5-7(10)11;1-3-5-6-4-2/h1-5H2,(H,8,9)(H,10,11);3H,1,4-6H2,2H3. The lowest BCUT2D eigenvalue weighted by Gasteiger charge is -1.94. The van der Waals surface area contributed by atoms with Crippen LogP contribution in [0.3, 0.4) is 0 Å². The number of allylic oxidation sites excluding steroid dienone is 1. The van der Waals surface area contributed by atoms with E-state index in [9.17, 15) is 9.59 Å². The van der Waals surface area contributed by atoms with Gasteiger partial charge >= 0.3 is 11.9 Å². The summed E-state index contributed by atoms with van der Waals surface area (Å²) in [7, 11) is 0. The molecule has 100 valence electrons. The van der Waals surface area contributed by atoms with E-state index in [1.807, 2.05) is 6.08 Å². The van der Waals surface area contributed by atoms with Gasteiger partial charge in [-0.3, -0.25) is 9.59 Å². The van der Waals surface area contributed by atoms with Gasteiger partial charge in [0.1, 0.15) is 0 Å². The number of carbonyl (C=O) groups is 2. The largest absolute Gasteiger partial charge is 0.481 e. The van der Waals surface area contributed by atoms with Crippen molar-refractivity contribution in [3.63, 3.8) is 0 Å². The molecule has 0 bridgehead atoms. The average molecular weight is 244 g/mol. The van der Waals surface area contributed by atoms with Crippen molar-refractivity contribution in [3.05, 3.63) is 12.7 Å². The lowest BCUT2D eigenvalue weighted by molar-refractivity contribution is -0.137. The predicted molar refractivity (Wildman–Crippen MR) is 68.1 cm³/mol. The minimum Gasteiger partial charge on any atom is -0.481 e. The summed E-state index contributed by atoms with van der Waals surface area (Å²) in [5.74, 6) is -1.64. The molecule has 0 rings (SSSR count). The minimum absolute atomic E-state index is 0.139. The highest BCUT2D eigenvalue weighted by Gasteiger charge is 1.98. The molecule has 0 aromatic heterocycles. The molecule has 0 radical (unpaired) electrons. The summed E-state index contributed by atoms with van der Waals surface area (Å²) in [6.07, 6.45) is 7.82. The fourth-order valence-corrected chi connectivity index (χ4v) is 1.08. The van der Waals surface area contributed by atoms with Gasteiger partial charge in [-0.2, -0.15) is 0 Å². The Morgan fingerprint density at radius 2 is 1.47 bits per heavy atom. The molecule has 17 heavy (non-hydrogen) atoms. The second-order valence-corrected chi connectivity index (χ2v) is 3.78. The average Bonchev–Trinajstić information content (AvgIpc) is 2.26. The summed E-state index contributed by atoms with van der Waals surface area (Å²) in [5, 5.41) is 16.4. The minimum atomic E-state index is -0.819. The van der Waals surface area contributed by atoms with Gasteiger partial charge in [-0.05, 0) is 19.3 Å². The van der Waals surface area contributed by atoms with Crippen molar-refractivity contribution in [2.45, 2.75) is 58.3 Å². The zero-order valence-electron chi connectivity index (χ0n) is 10.7. The van der Waals surface area contributed by atoms with E-state index in [-0.39, 0.29) is 12.8 Å². The molecule has 0 heterocycles. The first-order valence-electron chi connectivity index (χ1n) is 6.09. The van der Waals surface area contributed by atoms with Gasteiger partial charge in [-0.15, -0.1) is 6.58 Å². The number of carboxylic acids is 2. The molecule has 0 amide bonds. The van der Waals surface area contributed by atoms with Gasteiger partial charge in [-0.25, -0.2) is 0 Å². The van der Waals surface area contributed by atoms with Gasteiger partial charge < -0.3 is 10.2 Å². The smallest absolute Gasteiger partial charge is 0.303 e. The number of aliphatic carboxylic acids is 2. The molecule has 0 aliphatic carbocycles. The van der Waals surface area contributed by atoms with E-state index in [0.29, 0.717) is 19.3 Å². The summed E-state index contributed by atoms with van der Waals surface area (Å²) < 4.78 is 0. The Kier molecular flexibility index (Phi) is 15.6. The lowest BCUT2D eigenvalue weighted by Crippen LogP contribution is -1.96. The fourth-order valence-electron chi connectivity index (χ4n) is 1.08. The highest BCUT2D eigenvalue weighted by molar-refractivity contribution is 5.67. The maximum Gasteiger partial charge on any atom is 0.303 e. The van der Waals surface area contributed by atoms with E-state index in [2.05, 4.69) is 13.5 Å². The summed E-state index contributed by atoms with van der Waals surface area (Å²) in [4.78, 5) is 20.0. The van der Waals surface area contributed by atoms with Crippen LogP contribution in [0.1, 0.15) is 58.3 Å². The third-order valence-corrected chi connectivity index (χ3v) is 2.04. The molecular weight excluding hydrogens is 220 g/mol. The van der Waals surface area contributed by atoms with Gasteiger partial charge in [0.2, 0.25) is 0 Å². The molecular formula is C13H24O4. The van der Waals surface area contributed by atoms with Gasteiger partial charge in [0.05, 0.1) is 0 Å². The summed E-state index contributed by atoms with van der Waals surface area (Å²) in [6.45, 7) is 5.78. The van der Waals surface area contributed by atoms with Gasteiger partial charge in [0.15, 0.2) is 0 Å². The molecule has 0 fully saturated rings. The van der Waals surface area contributed by atoms with E-state index < -0.39 is 11.9 Å². The number of unbranched alkanes of at least 4 members (excludes halogenated alkanes) is 4. The summed E-state index contributed by atoms with van der Waals surface area (Å²) in [5.41, 5.74) is 0. The number of hydrogen-bond donors (Lipinski definition) is 2. The Morgan fingerprint density at radius 3 is 1.71 bits per heavy atom. The van der Waals surface area contributed by atoms with Crippen LogP contribution in [-0.2, 0) is 9.59 Å². The maximum absolute atomic E-state index is 9.98. The Hall–Kier alpha value is -1.32. The number of hydrogen-bond acceptors (Lipinski definition) is 2. The zero-order chi connectivity index (χ0) is 13.5. The van der Waals surface area contributed by atoms with Crippen LogP contribution in [0.2, 0.25) is 0 Å². The molecule has 0 aromatic rings. The first kappa shape index (κ1) is 18.1. The van der Waals surface area contributed by atoms with Crippen LogP contribution in [-0.4, -0.2) is 22.2 Å².